The third-order valence-corrected chi connectivity index (χ3v) is 3.04. The maximum Gasteiger partial charge on any atom is 0.0847 e. The van der Waals surface area contributed by atoms with E-state index in [1.807, 2.05) is 11.8 Å². The second-order valence-electron chi connectivity index (χ2n) is 3.28. The first kappa shape index (κ1) is 10.8. The second kappa shape index (κ2) is 6.25. The molecule has 13 heavy (non-hydrogen) atoms. The third-order valence-electron chi connectivity index (χ3n) is 2.32. The summed E-state index contributed by atoms with van der Waals surface area (Å²) >= 11 is 1.89. The number of rotatable bonds is 4. The minimum atomic E-state index is 0.944. The average Bonchev–Trinajstić information content (AvgIpc) is 2.19. The van der Waals surface area contributed by atoms with Crippen LogP contribution in [-0.4, -0.2) is 17.3 Å². The van der Waals surface area contributed by atoms with Crippen LogP contribution >= 0.6 is 11.8 Å². The maximum atomic E-state index is 4.57. The van der Waals surface area contributed by atoms with E-state index in [0.29, 0.717) is 0 Å². The molecule has 0 fully saturated rings. The van der Waals surface area contributed by atoms with E-state index in [1.54, 1.807) is 5.57 Å². The Bertz CT molecular complexity index is 206. The van der Waals surface area contributed by atoms with Crippen LogP contribution in [0.5, 0.6) is 0 Å². The van der Waals surface area contributed by atoms with Gasteiger partial charge in [-0.05, 0) is 37.5 Å². The minimum absolute atomic E-state index is 0.944. The summed E-state index contributed by atoms with van der Waals surface area (Å²) in [7, 11) is 0. The van der Waals surface area contributed by atoms with E-state index in [4.69, 9.17) is 0 Å². The lowest BCUT2D eigenvalue weighted by molar-refractivity contribution is 0.801. The monoisotopic (exact) mass is 197 g/mol. The molecule has 0 amide bonds. The van der Waals surface area contributed by atoms with Crippen LogP contribution in [0.15, 0.2) is 16.6 Å². The Kier molecular flexibility index (Phi) is 5.21. The van der Waals surface area contributed by atoms with Gasteiger partial charge in [-0.1, -0.05) is 19.4 Å². The van der Waals surface area contributed by atoms with Crippen molar-refractivity contribution in [2.24, 2.45) is 4.99 Å². The molecule has 0 aliphatic heterocycles. The van der Waals surface area contributed by atoms with Crippen molar-refractivity contribution in [1.82, 2.24) is 0 Å². The van der Waals surface area contributed by atoms with Crippen molar-refractivity contribution in [3.63, 3.8) is 0 Å². The third kappa shape index (κ3) is 3.99. The van der Waals surface area contributed by atoms with E-state index in [0.717, 1.165) is 5.88 Å². The lowest BCUT2D eigenvalue weighted by Crippen LogP contribution is -2.03. The van der Waals surface area contributed by atoms with E-state index in [1.165, 1.54) is 37.1 Å². The molecule has 0 saturated heterocycles. The van der Waals surface area contributed by atoms with Gasteiger partial charge in [-0.25, -0.2) is 0 Å². The van der Waals surface area contributed by atoms with Gasteiger partial charge in [0.2, 0.25) is 0 Å². The Labute approximate surface area is 85.7 Å². The highest BCUT2D eigenvalue weighted by Gasteiger charge is 2.06. The molecule has 1 aliphatic carbocycles. The topological polar surface area (TPSA) is 12.4 Å². The van der Waals surface area contributed by atoms with Crippen LogP contribution < -0.4 is 0 Å². The Balaban J connectivity index is 2.44. The van der Waals surface area contributed by atoms with Gasteiger partial charge in [0, 0.05) is 5.71 Å². The molecule has 0 radical (unpaired) electrons. The van der Waals surface area contributed by atoms with Crippen LogP contribution in [0.4, 0.5) is 0 Å². The number of nitrogens with zero attached hydrogens (tertiary/aromatic N) is 1. The number of hydrogen-bond donors (Lipinski definition) is 0. The molecule has 2 heteroatoms. The highest BCUT2D eigenvalue weighted by molar-refractivity contribution is 7.99. The Hall–Kier alpha value is -0.240. The van der Waals surface area contributed by atoms with Crippen LogP contribution in [0.3, 0.4) is 0 Å². The quantitative estimate of drug-likeness (QED) is 0.627. The van der Waals surface area contributed by atoms with Crippen molar-refractivity contribution in [3.8, 4) is 0 Å². The van der Waals surface area contributed by atoms with E-state index in [-0.39, 0.29) is 0 Å². The van der Waals surface area contributed by atoms with Crippen molar-refractivity contribution in [2.75, 3.05) is 11.6 Å². The molecule has 1 aliphatic rings. The van der Waals surface area contributed by atoms with Gasteiger partial charge in [-0.2, -0.15) is 0 Å². The number of aliphatic imine (C=N–C) groups is 1. The summed E-state index contributed by atoms with van der Waals surface area (Å²) in [5.74, 6) is 2.11. The van der Waals surface area contributed by atoms with Crippen LogP contribution in [-0.2, 0) is 0 Å². The molecule has 0 unspecified atom stereocenters. The molecule has 0 atom stereocenters. The highest BCUT2D eigenvalue weighted by atomic mass is 32.2. The van der Waals surface area contributed by atoms with Crippen molar-refractivity contribution in [3.05, 3.63) is 11.6 Å². The fourth-order valence-corrected chi connectivity index (χ4v) is 1.94. The molecule has 0 aromatic carbocycles. The number of thioether (sulfide) groups is 1. The normalized spacial score (nSPS) is 20.5. The number of hydrogen-bond acceptors (Lipinski definition) is 2. The lowest BCUT2D eigenvalue weighted by atomic mass is 9.96. The van der Waals surface area contributed by atoms with Crippen molar-refractivity contribution >= 4 is 17.5 Å². The summed E-state index contributed by atoms with van der Waals surface area (Å²) < 4.78 is 0. The first-order chi connectivity index (χ1) is 6.36. The van der Waals surface area contributed by atoms with E-state index in [2.05, 4.69) is 24.9 Å². The van der Waals surface area contributed by atoms with Gasteiger partial charge in [-0.3, -0.25) is 4.99 Å². The standard InChI is InChI=1S/C11H19NS/c1-3-10-6-5-7-11(8-10)12-9-13-4-2/h8H,3-7,9H2,1-2H3. The Morgan fingerprint density at radius 2 is 2.23 bits per heavy atom. The predicted molar refractivity (Wildman–Crippen MR) is 62.7 cm³/mol. The van der Waals surface area contributed by atoms with Gasteiger partial charge in [0.1, 0.15) is 0 Å². The summed E-state index contributed by atoms with van der Waals surface area (Å²) in [6, 6.07) is 0. The van der Waals surface area contributed by atoms with Crippen LogP contribution in [0.1, 0.15) is 39.5 Å². The molecule has 0 heterocycles. The number of allylic oxidation sites excluding steroid dienone is 2. The van der Waals surface area contributed by atoms with Crippen molar-refractivity contribution in [1.29, 1.82) is 0 Å². The fraction of sp³-hybridized carbons (Fsp3) is 0.727. The summed E-state index contributed by atoms with van der Waals surface area (Å²) in [4.78, 5) is 4.57. The largest absolute Gasteiger partial charge is 0.279 e. The molecule has 0 bridgehead atoms. The van der Waals surface area contributed by atoms with Gasteiger partial charge in [0.15, 0.2) is 0 Å². The fourth-order valence-electron chi connectivity index (χ4n) is 1.50. The van der Waals surface area contributed by atoms with Gasteiger partial charge in [-0.15, -0.1) is 11.8 Å². The van der Waals surface area contributed by atoms with Crippen LogP contribution in [0, 0.1) is 0 Å². The summed E-state index contributed by atoms with van der Waals surface area (Å²) in [5.41, 5.74) is 2.90. The van der Waals surface area contributed by atoms with E-state index >= 15 is 0 Å². The smallest absolute Gasteiger partial charge is 0.0847 e. The zero-order valence-corrected chi connectivity index (χ0v) is 9.49. The van der Waals surface area contributed by atoms with Crippen LogP contribution in [0.25, 0.3) is 0 Å². The zero-order chi connectivity index (χ0) is 9.52. The molecular weight excluding hydrogens is 178 g/mol. The molecule has 0 saturated carbocycles. The van der Waals surface area contributed by atoms with Crippen molar-refractivity contribution < 1.29 is 0 Å². The summed E-state index contributed by atoms with van der Waals surface area (Å²) in [6.07, 6.45) is 7.28. The van der Waals surface area contributed by atoms with Gasteiger partial charge < -0.3 is 0 Å². The molecule has 1 rings (SSSR count). The molecular formula is C11H19NS. The zero-order valence-electron chi connectivity index (χ0n) is 8.68. The Morgan fingerprint density at radius 3 is 2.92 bits per heavy atom. The minimum Gasteiger partial charge on any atom is -0.279 e. The van der Waals surface area contributed by atoms with E-state index in [9.17, 15) is 0 Å². The first-order valence-electron chi connectivity index (χ1n) is 5.17. The maximum absolute atomic E-state index is 4.57. The van der Waals surface area contributed by atoms with Gasteiger partial charge >= 0.3 is 0 Å². The predicted octanol–water partition coefficient (Wildman–Crippen LogP) is 3.66. The highest BCUT2D eigenvalue weighted by Crippen LogP contribution is 2.18. The summed E-state index contributed by atoms with van der Waals surface area (Å²) in [6.45, 7) is 4.41. The molecule has 0 aromatic rings. The molecule has 0 N–H and O–H groups in total. The van der Waals surface area contributed by atoms with Crippen molar-refractivity contribution in [2.45, 2.75) is 39.5 Å². The van der Waals surface area contributed by atoms with Gasteiger partial charge in [0.25, 0.3) is 0 Å². The van der Waals surface area contributed by atoms with E-state index < -0.39 is 0 Å². The molecule has 1 nitrogen and oxygen atoms in total. The van der Waals surface area contributed by atoms with Crippen LogP contribution in [0.2, 0.25) is 0 Å². The Morgan fingerprint density at radius 1 is 1.38 bits per heavy atom. The average molecular weight is 197 g/mol. The lowest BCUT2D eigenvalue weighted by Gasteiger charge is -2.12. The van der Waals surface area contributed by atoms with Gasteiger partial charge in [0.05, 0.1) is 5.88 Å². The SMILES string of the molecule is CCSCN=C1C=C(CC)CCC1. The molecule has 0 aromatic heterocycles. The first-order valence-corrected chi connectivity index (χ1v) is 6.32. The summed E-state index contributed by atoms with van der Waals surface area (Å²) in [5, 5.41) is 0. The second-order valence-corrected chi connectivity index (χ2v) is 4.52. The molecule has 0 spiro atoms. The molecule has 74 valence electrons.